The van der Waals surface area contributed by atoms with Gasteiger partial charge in [-0.2, -0.15) is 0 Å². The topological polar surface area (TPSA) is 89.5 Å². The summed E-state index contributed by atoms with van der Waals surface area (Å²) < 4.78 is 55.9. The number of phosphoric ester groups is 2. The van der Waals surface area contributed by atoms with Gasteiger partial charge in [-0.1, -0.05) is 0 Å². The standard InChI is InChI=1S/C14H20Cl4O8P2/c15-5-9-21-27(19,22-10-6-16)25-13-1-2-14(4-3-13)26-28(20,23-11-7-17)24-12-8-18/h1-4H,5-12H2. The average Bonchev–Trinajstić information content (AvgIpc) is 2.69. The normalized spacial score (nSPS) is 12.1. The van der Waals surface area contributed by atoms with E-state index >= 15 is 0 Å². The molecule has 0 aliphatic heterocycles. The van der Waals surface area contributed by atoms with Gasteiger partial charge in [0, 0.05) is 23.5 Å². The van der Waals surface area contributed by atoms with Gasteiger partial charge in [-0.05, 0) is 24.3 Å². The summed E-state index contributed by atoms with van der Waals surface area (Å²) in [5, 5.41) is 0. The van der Waals surface area contributed by atoms with Crippen LogP contribution in [0.1, 0.15) is 0 Å². The number of hydrogen-bond donors (Lipinski definition) is 0. The molecule has 1 aromatic carbocycles. The molecule has 0 spiro atoms. The van der Waals surface area contributed by atoms with E-state index in [0.29, 0.717) is 0 Å². The fourth-order valence-corrected chi connectivity index (χ4v) is 4.70. The minimum atomic E-state index is -3.90. The Morgan fingerprint density at radius 2 is 0.821 bits per heavy atom. The summed E-state index contributed by atoms with van der Waals surface area (Å²) in [7, 11) is -7.81. The third-order valence-electron chi connectivity index (χ3n) is 2.56. The van der Waals surface area contributed by atoms with Crippen LogP contribution in [0.25, 0.3) is 0 Å². The van der Waals surface area contributed by atoms with Gasteiger partial charge in [0.15, 0.2) is 0 Å². The van der Waals surface area contributed by atoms with E-state index in [1.54, 1.807) is 0 Å². The van der Waals surface area contributed by atoms with E-state index in [-0.39, 0.29) is 61.4 Å². The second kappa shape index (κ2) is 14.3. The summed E-state index contributed by atoms with van der Waals surface area (Å²) in [6.07, 6.45) is 0. The lowest BCUT2D eigenvalue weighted by Gasteiger charge is -2.19. The summed E-state index contributed by atoms with van der Waals surface area (Å²) in [4.78, 5) is 0. The van der Waals surface area contributed by atoms with Crippen LogP contribution in [0.5, 0.6) is 11.5 Å². The van der Waals surface area contributed by atoms with Crippen LogP contribution in [-0.4, -0.2) is 49.9 Å². The van der Waals surface area contributed by atoms with Gasteiger partial charge in [0.2, 0.25) is 0 Å². The second-order valence-corrected chi connectivity index (χ2v) is 9.34. The Morgan fingerprint density at radius 3 is 1.04 bits per heavy atom. The molecule has 0 unspecified atom stereocenters. The lowest BCUT2D eigenvalue weighted by molar-refractivity contribution is 0.166. The minimum Gasteiger partial charge on any atom is -0.404 e. The zero-order chi connectivity index (χ0) is 20.9. The highest BCUT2D eigenvalue weighted by atomic mass is 35.5. The fraction of sp³-hybridized carbons (Fsp3) is 0.571. The first-order valence-corrected chi connectivity index (χ1v) is 13.0. The van der Waals surface area contributed by atoms with Crippen molar-refractivity contribution >= 4 is 62.0 Å². The molecule has 8 nitrogen and oxygen atoms in total. The van der Waals surface area contributed by atoms with Gasteiger partial charge >= 0.3 is 15.6 Å². The molecule has 0 aliphatic rings. The number of phosphoric acid groups is 2. The van der Waals surface area contributed by atoms with Gasteiger partial charge in [0.1, 0.15) is 11.5 Å². The summed E-state index contributed by atoms with van der Waals surface area (Å²) in [6, 6.07) is 5.63. The summed E-state index contributed by atoms with van der Waals surface area (Å²) in [5.41, 5.74) is 0. The van der Waals surface area contributed by atoms with Crippen LogP contribution in [0, 0.1) is 0 Å². The predicted octanol–water partition coefficient (Wildman–Crippen LogP) is 5.68. The summed E-state index contributed by atoms with van der Waals surface area (Å²) in [6.45, 7) is -0.161. The first-order valence-electron chi connectivity index (χ1n) is 7.91. The van der Waals surface area contributed by atoms with Crippen LogP contribution in [0.15, 0.2) is 24.3 Å². The second-order valence-electron chi connectivity index (χ2n) is 4.64. The maximum absolute atomic E-state index is 12.5. The van der Waals surface area contributed by atoms with E-state index in [0.717, 1.165) is 0 Å². The molecule has 0 saturated heterocycles. The first kappa shape index (κ1) is 26.3. The summed E-state index contributed by atoms with van der Waals surface area (Å²) in [5.74, 6) is 0.708. The molecule has 0 saturated carbocycles. The smallest absolute Gasteiger partial charge is 0.404 e. The van der Waals surface area contributed by atoms with Gasteiger partial charge in [-0.3, -0.25) is 18.1 Å². The largest absolute Gasteiger partial charge is 0.530 e. The molecule has 28 heavy (non-hydrogen) atoms. The van der Waals surface area contributed by atoms with Crippen molar-refractivity contribution in [2.75, 3.05) is 49.9 Å². The molecule has 14 heteroatoms. The van der Waals surface area contributed by atoms with Crippen LogP contribution >= 0.6 is 62.0 Å². The number of hydrogen-bond acceptors (Lipinski definition) is 8. The molecule has 0 aliphatic carbocycles. The fourth-order valence-electron chi connectivity index (χ4n) is 1.58. The lowest BCUT2D eigenvalue weighted by Crippen LogP contribution is -2.07. The highest BCUT2D eigenvalue weighted by Gasteiger charge is 2.30. The van der Waals surface area contributed by atoms with Crippen LogP contribution in [0.4, 0.5) is 0 Å². The SMILES string of the molecule is O=P(OCCCl)(OCCCl)Oc1ccc(OP(=O)(OCCCl)OCCCl)cc1. The highest BCUT2D eigenvalue weighted by molar-refractivity contribution is 7.49. The molecule has 0 fully saturated rings. The molecule has 0 amide bonds. The minimum absolute atomic E-state index is 0.0404. The molecule has 0 aromatic heterocycles. The molecule has 0 heterocycles. The molecule has 0 radical (unpaired) electrons. The van der Waals surface area contributed by atoms with E-state index in [2.05, 4.69) is 0 Å². The molecular weight excluding hydrogens is 500 g/mol. The van der Waals surface area contributed by atoms with E-state index < -0.39 is 15.6 Å². The Kier molecular flexibility index (Phi) is 13.5. The van der Waals surface area contributed by atoms with Crippen molar-refractivity contribution in [2.45, 2.75) is 0 Å². The van der Waals surface area contributed by atoms with Crippen molar-refractivity contribution in [3.63, 3.8) is 0 Å². The Morgan fingerprint density at radius 1 is 0.571 bits per heavy atom. The van der Waals surface area contributed by atoms with Crippen molar-refractivity contribution in [3.05, 3.63) is 24.3 Å². The first-order chi connectivity index (χ1) is 13.4. The lowest BCUT2D eigenvalue weighted by atomic mass is 10.3. The van der Waals surface area contributed by atoms with Crippen LogP contribution in [-0.2, 0) is 27.2 Å². The van der Waals surface area contributed by atoms with E-state index in [1.165, 1.54) is 24.3 Å². The number of benzene rings is 1. The van der Waals surface area contributed by atoms with Crippen molar-refractivity contribution in [1.29, 1.82) is 0 Å². The van der Waals surface area contributed by atoms with Gasteiger partial charge in [-0.25, -0.2) is 9.13 Å². The van der Waals surface area contributed by atoms with Crippen LogP contribution in [0.3, 0.4) is 0 Å². The van der Waals surface area contributed by atoms with Crippen molar-refractivity contribution in [1.82, 2.24) is 0 Å². The molecular formula is C14H20Cl4O8P2. The number of alkyl halides is 4. The van der Waals surface area contributed by atoms with Crippen LogP contribution < -0.4 is 9.05 Å². The van der Waals surface area contributed by atoms with Gasteiger partial charge in [0.05, 0.1) is 26.4 Å². The summed E-state index contributed by atoms with van der Waals surface area (Å²) >= 11 is 22.1. The monoisotopic (exact) mass is 518 g/mol. The highest BCUT2D eigenvalue weighted by Crippen LogP contribution is 2.51. The zero-order valence-electron chi connectivity index (χ0n) is 14.6. The van der Waals surface area contributed by atoms with Crippen molar-refractivity contribution < 1.29 is 36.3 Å². The van der Waals surface area contributed by atoms with E-state index in [4.69, 9.17) is 73.5 Å². The van der Waals surface area contributed by atoms with Gasteiger partial charge < -0.3 is 9.05 Å². The Balaban J connectivity index is 2.81. The number of rotatable bonds is 16. The zero-order valence-corrected chi connectivity index (χ0v) is 19.5. The van der Waals surface area contributed by atoms with Crippen LogP contribution in [0.2, 0.25) is 0 Å². The molecule has 1 rings (SSSR count). The van der Waals surface area contributed by atoms with Gasteiger partial charge in [0.25, 0.3) is 0 Å². The molecule has 162 valence electrons. The van der Waals surface area contributed by atoms with Crippen molar-refractivity contribution in [2.24, 2.45) is 0 Å². The molecule has 0 N–H and O–H groups in total. The molecule has 0 atom stereocenters. The van der Waals surface area contributed by atoms with E-state index in [1.807, 2.05) is 0 Å². The average molecular weight is 520 g/mol. The van der Waals surface area contributed by atoms with Gasteiger partial charge in [-0.15, -0.1) is 46.4 Å². The third kappa shape index (κ3) is 10.4. The van der Waals surface area contributed by atoms with Crippen molar-refractivity contribution in [3.8, 4) is 11.5 Å². The third-order valence-corrected chi connectivity index (χ3v) is 6.05. The Labute approximate surface area is 183 Å². The maximum atomic E-state index is 12.5. The van der Waals surface area contributed by atoms with E-state index in [9.17, 15) is 9.13 Å². The Bertz CT molecular complexity index is 570. The number of halogens is 4. The predicted molar refractivity (Wildman–Crippen MR) is 110 cm³/mol. The Hall–Kier alpha value is 0.280. The molecule has 0 bridgehead atoms. The molecule has 1 aromatic rings. The quantitative estimate of drug-likeness (QED) is 0.203. The maximum Gasteiger partial charge on any atom is 0.530 e.